The summed E-state index contributed by atoms with van der Waals surface area (Å²) in [6.07, 6.45) is 4.07. The van der Waals surface area contributed by atoms with E-state index >= 15 is 0 Å². The van der Waals surface area contributed by atoms with E-state index in [0.717, 1.165) is 18.4 Å². The Morgan fingerprint density at radius 3 is 2.82 bits per heavy atom. The van der Waals surface area contributed by atoms with Crippen LogP contribution in [0.3, 0.4) is 0 Å². The maximum absolute atomic E-state index is 12.9. The molecule has 150 valence electrons. The largest absolute Gasteiger partial charge is 0.505 e. The second-order valence-corrected chi connectivity index (χ2v) is 6.48. The van der Waals surface area contributed by atoms with Gasteiger partial charge in [-0.1, -0.05) is 36.1 Å². The molecule has 1 aromatic carbocycles. The fraction of sp³-hybridized carbons (Fsp3) is 0.429. The van der Waals surface area contributed by atoms with Crippen LogP contribution in [0.1, 0.15) is 31.2 Å². The number of rotatable bonds is 7. The van der Waals surface area contributed by atoms with E-state index in [1.165, 1.54) is 12.1 Å². The molecular weight excluding hydrogens is 365 g/mol. The highest BCUT2D eigenvalue weighted by Gasteiger charge is 2.25. The summed E-state index contributed by atoms with van der Waals surface area (Å²) in [7, 11) is 0. The standard InChI is InChI=1S/C21H24FNO5/c22-17-9-7-16(8-10-17)15-19(24)12-11-18-5-4-6-20(25)23(18)13-2-1-3-14-28-21(26)27/h7-12,18-19,24H,3-6,13-15H2,(H,26,27)/b12-11+/t18-,19?/m1/s1. The van der Waals surface area contributed by atoms with E-state index in [1.807, 2.05) is 6.08 Å². The Balaban J connectivity index is 1.88. The van der Waals surface area contributed by atoms with Crippen molar-refractivity contribution in [1.29, 1.82) is 0 Å². The first-order chi connectivity index (χ1) is 13.5. The van der Waals surface area contributed by atoms with Gasteiger partial charge in [0.25, 0.3) is 0 Å². The molecule has 6 nitrogen and oxygen atoms in total. The van der Waals surface area contributed by atoms with Crippen molar-refractivity contribution in [2.24, 2.45) is 0 Å². The number of carbonyl (C=O) groups excluding carboxylic acids is 1. The van der Waals surface area contributed by atoms with Gasteiger partial charge in [0.2, 0.25) is 5.91 Å². The van der Waals surface area contributed by atoms with Crippen LogP contribution in [-0.4, -0.2) is 52.5 Å². The quantitative estimate of drug-likeness (QED) is 0.324. The number of aliphatic hydroxyl groups is 1. The maximum Gasteiger partial charge on any atom is 0.505 e. The lowest BCUT2D eigenvalue weighted by atomic mass is 9.99. The van der Waals surface area contributed by atoms with Gasteiger partial charge in [-0.15, -0.1) is 0 Å². The smallest absolute Gasteiger partial charge is 0.450 e. The van der Waals surface area contributed by atoms with Gasteiger partial charge in [-0.2, -0.15) is 0 Å². The van der Waals surface area contributed by atoms with Crippen LogP contribution in [0.4, 0.5) is 9.18 Å². The number of carboxylic acid groups (broad SMARTS) is 1. The number of ether oxygens (including phenoxy) is 1. The number of halogens is 1. The predicted molar refractivity (Wildman–Crippen MR) is 101 cm³/mol. The van der Waals surface area contributed by atoms with Crippen LogP contribution in [0.15, 0.2) is 36.4 Å². The number of hydrogen-bond acceptors (Lipinski definition) is 4. The summed E-state index contributed by atoms with van der Waals surface area (Å²) in [6, 6.07) is 5.83. The number of aliphatic hydroxyl groups excluding tert-OH is 1. The van der Waals surface area contributed by atoms with Gasteiger partial charge < -0.3 is 19.8 Å². The number of hydrogen-bond donors (Lipinski definition) is 2. The van der Waals surface area contributed by atoms with Gasteiger partial charge in [-0.25, -0.2) is 9.18 Å². The van der Waals surface area contributed by atoms with E-state index in [9.17, 15) is 19.1 Å². The molecule has 7 heteroatoms. The molecule has 0 saturated carbocycles. The molecule has 2 N–H and O–H groups in total. The van der Waals surface area contributed by atoms with Crippen LogP contribution < -0.4 is 0 Å². The number of amides is 1. The number of piperidine rings is 1. The Hall–Kier alpha value is -2.85. The first-order valence-electron chi connectivity index (χ1n) is 9.17. The summed E-state index contributed by atoms with van der Waals surface area (Å²) in [4.78, 5) is 24.1. The molecule has 1 aliphatic rings. The fourth-order valence-corrected chi connectivity index (χ4v) is 2.96. The van der Waals surface area contributed by atoms with Crippen LogP contribution in [0.2, 0.25) is 0 Å². The van der Waals surface area contributed by atoms with Crippen LogP contribution in [0.25, 0.3) is 0 Å². The third-order valence-electron chi connectivity index (χ3n) is 4.35. The highest BCUT2D eigenvalue weighted by atomic mass is 19.1. The lowest BCUT2D eigenvalue weighted by Gasteiger charge is -2.32. The summed E-state index contributed by atoms with van der Waals surface area (Å²) < 4.78 is 17.3. The monoisotopic (exact) mass is 389 g/mol. The Morgan fingerprint density at radius 2 is 2.11 bits per heavy atom. The van der Waals surface area contributed by atoms with Crippen molar-refractivity contribution in [1.82, 2.24) is 4.90 Å². The van der Waals surface area contributed by atoms with Crippen LogP contribution >= 0.6 is 0 Å². The van der Waals surface area contributed by atoms with Gasteiger partial charge in [0.15, 0.2) is 0 Å². The zero-order valence-electron chi connectivity index (χ0n) is 15.5. The van der Waals surface area contributed by atoms with Crippen LogP contribution in [0.5, 0.6) is 0 Å². The van der Waals surface area contributed by atoms with E-state index in [0.29, 0.717) is 12.8 Å². The van der Waals surface area contributed by atoms with E-state index < -0.39 is 12.3 Å². The molecular formula is C21H24FNO5. The summed E-state index contributed by atoms with van der Waals surface area (Å²) in [5.41, 5.74) is 0.824. The molecule has 1 aromatic rings. The van der Waals surface area contributed by atoms with Gasteiger partial charge in [-0.05, 0) is 30.5 Å². The third-order valence-corrected chi connectivity index (χ3v) is 4.35. The minimum atomic E-state index is -1.34. The number of carbonyl (C=O) groups is 2. The average molecular weight is 389 g/mol. The SMILES string of the molecule is O=C(O)OCCC#CCN1C(=O)CCC[C@@H]1/C=C/C(O)Cc1ccc(F)cc1. The van der Waals surface area contributed by atoms with Crippen molar-refractivity contribution in [2.75, 3.05) is 13.2 Å². The summed E-state index contributed by atoms with van der Waals surface area (Å²) in [6.45, 7) is 0.240. The molecule has 0 radical (unpaired) electrons. The van der Waals surface area contributed by atoms with E-state index in [1.54, 1.807) is 23.1 Å². The topological polar surface area (TPSA) is 87.1 Å². The van der Waals surface area contributed by atoms with E-state index in [4.69, 9.17) is 5.11 Å². The van der Waals surface area contributed by atoms with Crippen molar-refractivity contribution >= 4 is 12.1 Å². The summed E-state index contributed by atoms with van der Waals surface area (Å²) in [5, 5.41) is 18.6. The molecule has 0 bridgehead atoms. The molecule has 0 spiro atoms. The number of nitrogens with zero attached hydrogens (tertiary/aromatic N) is 1. The van der Waals surface area contributed by atoms with Gasteiger partial charge in [0.05, 0.1) is 18.7 Å². The molecule has 1 fully saturated rings. The number of benzene rings is 1. The van der Waals surface area contributed by atoms with Gasteiger partial charge >= 0.3 is 6.16 Å². The van der Waals surface area contributed by atoms with Crippen LogP contribution in [0, 0.1) is 17.7 Å². The molecule has 2 atom stereocenters. The normalized spacial score (nSPS) is 17.9. The Kier molecular flexibility index (Phi) is 8.50. The van der Waals surface area contributed by atoms with Crippen molar-refractivity contribution < 1.29 is 28.9 Å². The molecule has 2 rings (SSSR count). The van der Waals surface area contributed by atoms with Gasteiger partial charge in [0, 0.05) is 19.3 Å². The molecule has 0 aromatic heterocycles. The van der Waals surface area contributed by atoms with Crippen LogP contribution in [-0.2, 0) is 16.0 Å². The molecule has 28 heavy (non-hydrogen) atoms. The van der Waals surface area contributed by atoms with E-state index in [-0.39, 0.29) is 37.3 Å². The lowest BCUT2D eigenvalue weighted by Crippen LogP contribution is -2.42. The molecule has 0 aliphatic carbocycles. The highest BCUT2D eigenvalue weighted by Crippen LogP contribution is 2.19. The van der Waals surface area contributed by atoms with Crippen molar-refractivity contribution in [3.63, 3.8) is 0 Å². The first-order valence-corrected chi connectivity index (χ1v) is 9.17. The highest BCUT2D eigenvalue weighted by molar-refractivity contribution is 5.77. The predicted octanol–water partition coefficient (Wildman–Crippen LogP) is 2.75. The van der Waals surface area contributed by atoms with E-state index in [2.05, 4.69) is 16.6 Å². The molecule has 1 saturated heterocycles. The Bertz CT molecular complexity index is 750. The zero-order valence-corrected chi connectivity index (χ0v) is 15.5. The second-order valence-electron chi connectivity index (χ2n) is 6.48. The first kappa shape index (κ1) is 21.5. The van der Waals surface area contributed by atoms with Gasteiger partial charge in [-0.3, -0.25) is 4.79 Å². The second kappa shape index (κ2) is 11.1. The fourth-order valence-electron chi connectivity index (χ4n) is 2.96. The summed E-state index contributed by atoms with van der Waals surface area (Å²) >= 11 is 0. The molecule has 1 aliphatic heterocycles. The molecule has 1 unspecified atom stereocenters. The van der Waals surface area contributed by atoms with Crippen molar-refractivity contribution in [3.8, 4) is 11.8 Å². The number of likely N-dealkylation sites (tertiary alicyclic amines) is 1. The summed E-state index contributed by atoms with van der Waals surface area (Å²) in [5.74, 6) is 5.35. The van der Waals surface area contributed by atoms with Crippen molar-refractivity contribution in [3.05, 3.63) is 47.8 Å². The Morgan fingerprint density at radius 1 is 1.36 bits per heavy atom. The maximum atomic E-state index is 12.9. The molecule has 1 amide bonds. The minimum Gasteiger partial charge on any atom is -0.450 e. The zero-order chi connectivity index (χ0) is 20.4. The lowest BCUT2D eigenvalue weighted by molar-refractivity contribution is -0.134. The van der Waals surface area contributed by atoms with Crippen molar-refractivity contribution in [2.45, 2.75) is 44.2 Å². The van der Waals surface area contributed by atoms with Gasteiger partial charge in [0.1, 0.15) is 12.4 Å². The minimum absolute atomic E-state index is 0.00464. The third kappa shape index (κ3) is 7.41. The average Bonchev–Trinajstić information content (AvgIpc) is 2.66. The Labute approximate surface area is 163 Å². The molecule has 1 heterocycles.